The fourth-order valence-electron chi connectivity index (χ4n) is 1.99. The lowest BCUT2D eigenvalue weighted by molar-refractivity contribution is -0.0668. The normalized spacial score (nSPS) is 23.4. The molecule has 104 valence electrons. The van der Waals surface area contributed by atoms with Crippen LogP contribution in [0.4, 0.5) is 10.2 Å². The molecule has 1 aliphatic rings. The number of nitrogens with zero attached hydrogens (tertiary/aromatic N) is 2. The zero-order valence-corrected chi connectivity index (χ0v) is 10.5. The van der Waals surface area contributed by atoms with E-state index in [1.807, 2.05) is 0 Å². The first-order valence-electron chi connectivity index (χ1n) is 5.98. The number of amides is 1. The summed E-state index contributed by atoms with van der Waals surface area (Å²) in [5.74, 6) is -1.59. The van der Waals surface area contributed by atoms with E-state index in [-0.39, 0.29) is 30.6 Å². The maximum atomic E-state index is 13.8. The van der Waals surface area contributed by atoms with E-state index >= 15 is 0 Å². The Hall–Kier alpha value is -1.73. The molecule has 6 nitrogen and oxygen atoms in total. The molecule has 1 amide bonds. The first-order valence-corrected chi connectivity index (χ1v) is 5.98. The lowest BCUT2D eigenvalue weighted by Crippen LogP contribution is -2.52. The van der Waals surface area contributed by atoms with Crippen molar-refractivity contribution < 1.29 is 19.0 Å². The van der Waals surface area contributed by atoms with E-state index in [0.29, 0.717) is 6.61 Å². The molecule has 19 heavy (non-hydrogen) atoms. The number of hydrogen-bond donors (Lipinski definition) is 2. The van der Waals surface area contributed by atoms with Crippen LogP contribution in [0.5, 0.6) is 0 Å². The quantitative estimate of drug-likeness (QED) is 0.790. The Kier molecular flexibility index (Phi) is 3.96. The third-order valence-electron chi connectivity index (χ3n) is 3.12. The van der Waals surface area contributed by atoms with Crippen LogP contribution in [0.25, 0.3) is 0 Å². The molecule has 7 heteroatoms. The fourth-order valence-corrected chi connectivity index (χ4v) is 1.99. The molecule has 0 aliphatic carbocycles. The van der Waals surface area contributed by atoms with Gasteiger partial charge in [0.1, 0.15) is 0 Å². The number of pyridine rings is 1. The molecule has 1 aromatic rings. The fraction of sp³-hybridized carbons (Fsp3) is 0.500. The van der Waals surface area contributed by atoms with E-state index in [4.69, 9.17) is 15.6 Å². The number of rotatable bonds is 2. The number of carbonyl (C=O) groups is 1. The number of nitrogen functional groups attached to an aromatic ring is 1. The summed E-state index contributed by atoms with van der Waals surface area (Å²) in [4.78, 5) is 17.4. The number of aliphatic hydroxyl groups excluding tert-OH is 1. The minimum Gasteiger partial charge on any atom is -0.394 e. The molecule has 2 heterocycles. The van der Waals surface area contributed by atoms with Gasteiger partial charge < -0.3 is 20.5 Å². The van der Waals surface area contributed by atoms with E-state index < -0.39 is 17.8 Å². The molecular weight excluding hydrogens is 253 g/mol. The molecule has 2 unspecified atom stereocenters. The van der Waals surface area contributed by atoms with Gasteiger partial charge in [-0.05, 0) is 13.0 Å². The Morgan fingerprint density at radius 1 is 1.74 bits per heavy atom. The maximum Gasteiger partial charge on any atom is 0.257 e. The number of hydrogen-bond acceptors (Lipinski definition) is 5. The summed E-state index contributed by atoms with van der Waals surface area (Å²) in [5.41, 5.74) is 5.24. The van der Waals surface area contributed by atoms with Gasteiger partial charge in [-0.25, -0.2) is 9.37 Å². The highest BCUT2D eigenvalue weighted by atomic mass is 19.1. The van der Waals surface area contributed by atoms with Crippen molar-refractivity contribution in [3.63, 3.8) is 0 Å². The number of anilines is 1. The van der Waals surface area contributed by atoms with Crippen molar-refractivity contribution in [3.8, 4) is 0 Å². The summed E-state index contributed by atoms with van der Waals surface area (Å²) in [6.45, 7) is 2.14. The molecule has 0 spiro atoms. The first-order chi connectivity index (χ1) is 9.04. The highest BCUT2D eigenvalue weighted by Gasteiger charge is 2.31. The van der Waals surface area contributed by atoms with Crippen molar-refractivity contribution in [2.45, 2.75) is 19.1 Å². The average Bonchev–Trinajstić information content (AvgIpc) is 2.42. The molecule has 3 N–H and O–H groups in total. The zero-order valence-electron chi connectivity index (χ0n) is 10.5. The SMILES string of the molecule is CC1COC(CO)CN1C(=O)c1ccnc(N)c1F. The van der Waals surface area contributed by atoms with Crippen LogP contribution in [0.3, 0.4) is 0 Å². The summed E-state index contributed by atoms with van der Waals surface area (Å²) in [6.07, 6.45) is 0.850. The van der Waals surface area contributed by atoms with Crippen LogP contribution in [0.1, 0.15) is 17.3 Å². The van der Waals surface area contributed by atoms with Gasteiger partial charge in [-0.1, -0.05) is 0 Å². The number of aliphatic hydroxyl groups is 1. The number of carbonyl (C=O) groups excluding carboxylic acids is 1. The molecule has 0 saturated carbocycles. The molecular formula is C12H16FN3O3. The van der Waals surface area contributed by atoms with Crippen LogP contribution in [0, 0.1) is 5.82 Å². The van der Waals surface area contributed by atoms with E-state index in [0.717, 1.165) is 0 Å². The maximum absolute atomic E-state index is 13.8. The van der Waals surface area contributed by atoms with Gasteiger partial charge in [-0.2, -0.15) is 0 Å². The Labute approximate surface area is 110 Å². The van der Waals surface area contributed by atoms with Crippen molar-refractivity contribution >= 4 is 11.7 Å². The van der Waals surface area contributed by atoms with Crippen molar-refractivity contribution in [1.29, 1.82) is 0 Å². The number of ether oxygens (including phenoxy) is 1. The van der Waals surface area contributed by atoms with E-state index in [2.05, 4.69) is 4.98 Å². The topological polar surface area (TPSA) is 88.7 Å². The molecule has 1 saturated heterocycles. The van der Waals surface area contributed by atoms with Gasteiger partial charge in [0.05, 0.1) is 30.9 Å². The summed E-state index contributed by atoms with van der Waals surface area (Å²) < 4.78 is 19.1. The Morgan fingerprint density at radius 3 is 3.16 bits per heavy atom. The molecule has 1 fully saturated rings. The summed E-state index contributed by atoms with van der Waals surface area (Å²) >= 11 is 0. The summed E-state index contributed by atoms with van der Waals surface area (Å²) in [6, 6.07) is 1.11. The second-order valence-corrected chi connectivity index (χ2v) is 4.50. The Bertz CT molecular complexity index is 483. The van der Waals surface area contributed by atoms with Crippen LogP contribution < -0.4 is 5.73 Å². The average molecular weight is 269 g/mol. The van der Waals surface area contributed by atoms with Crippen LogP contribution in [0.2, 0.25) is 0 Å². The highest BCUT2D eigenvalue weighted by molar-refractivity contribution is 5.95. The number of halogens is 1. The molecule has 1 aliphatic heterocycles. The van der Waals surface area contributed by atoms with Gasteiger partial charge in [-0.15, -0.1) is 0 Å². The van der Waals surface area contributed by atoms with Gasteiger partial charge >= 0.3 is 0 Å². The predicted octanol–water partition coefficient (Wildman–Crippen LogP) is 0.0247. The lowest BCUT2D eigenvalue weighted by atomic mass is 10.1. The lowest BCUT2D eigenvalue weighted by Gasteiger charge is -2.37. The molecule has 2 atom stereocenters. The Balaban J connectivity index is 2.24. The van der Waals surface area contributed by atoms with Gasteiger partial charge in [0.25, 0.3) is 5.91 Å². The standard InChI is InChI=1S/C12H16FN3O3/c1-7-6-19-8(5-17)4-16(7)12(18)9-2-3-15-11(14)10(9)13/h2-3,7-8,17H,4-6H2,1H3,(H2,14,15). The van der Waals surface area contributed by atoms with Gasteiger partial charge in [0.2, 0.25) is 0 Å². The Morgan fingerprint density at radius 2 is 2.47 bits per heavy atom. The van der Waals surface area contributed by atoms with Gasteiger partial charge in [-0.3, -0.25) is 4.79 Å². The number of morpholine rings is 1. The third kappa shape index (κ3) is 2.66. The first kappa shape index (κ1) is 13.7. The smallest absolute Gasteiger partial charge is 0.257 e. The van der Waals surface area contributed by atoms with Crippen LogP contribution in [-0.2, 0) is 4.74 Å². The molecule has 0 radical (unpaired) electrons. The third-order valence-corrected chi connectivity index (χ3v) is 3.12. The molecule has 0 bridgehead atoms. The van der Waals surface area contributed by atoms with E-state index in [9.17, 15) is 9.18 Å². The van der Waals surface area contributed by atoms with Crippen LogP contribution in [0.15, 0.2) is 12.3 Å². The highest BCUT2D eigenvalue weighted by Crippen LogP contribution is 2.19. The van der Waals surface area contributed by atoms with Crippen LogP contribution >= 0.6 is 0 Å². The zero-order chi connectivity index (χ0) is 14.0. The monoisotopic (exact) mass is 269 g/mol. The summed E-state index contributed by atoms with van der Waals surface area (Å²) in [5, 5.41) is 9.08. The molecule has 1 aromatic heterocycles. The number of nitrogens with two attached hydrogens (primary N) is 1. The molecule has 0 aromatic carbocycles. The second-order valence-electron chi connectivity index (χ2n) is 4.50. The molecule has 2 rings (SSSR count). The second kappa shape index (κ2) is 5.50. The minimum atomic E-state index is -0.813. The predicted molar refractivity (Wildman–Crippen MR) is 65.9 cm³/mol. The van der Waals surface area contributed by atoms with Crippen molar-refractivity contribution in [2.75, 3.05) is 25.5 Å². The number of aromatic nitrogens is 1. The van der Waals surface area contributed by atoms with Gasteiger partial charge in [0, 0.05) is 12.7 Å². The minimum absolute atomic E-state index is 0.113. The van der Waals surface area contributed by atoms with E-state index in [1.54, 1.807) is 6.92 Å². The van der Waals surface area contributed by atoms with E-state index in [1.165, 1.54) is 17.2 Å². The summed E-state index contributed by atoms with van der Waals surface area (Å²) in [7, 11) is 0. The van der Waals surface area contributed by atoms with Crippen molar-refractivity contribution in [3.05, 3.63) is 23.6 Å². The van der Waals surface area contributed by atoms with Crippen molar-refractivity contribution in [1.82, 2.24) is 9.88 Å². The van der Waals surface area contributed by atoms with Gasteiger partial charge in [0.15, 0.2) is 11.6 Å². The van der Waals surface area contributed by atoms with Crippen molar-refractivity contribution in [2.24, 2.45) is 0 Å². The van der Waals surface area contributed by atoms with Crippen LogP contribution in [-0.4, -0.2) is 52.8 Å². The largest absolute Gasteiger partial charge is 0.394 e.